The van der Waals surface area contributed by atoms with E-state index in [2.05, 4.69) is 61.8 Å². The molecule has 3 aromatic carbocycles. The van der Waals surface area contributed by atoms with Crippen LogP contribution >= 0.6 is 0 Å². The Morgan fingerprint density at radius 2 is 1.53 bits per heavy atom. The zero-order valence-electron chi connectivity index (χ0n) is 19.6. The minimum Gasteiger partial charge on any atom is -0.352 e. The summed E-state index contributed by atoms with van der Waals surface area (Å²) in [4.78, 5) is 17.5. The van der Waals surface area contributed by atoms with Gasteiger partial charge >= 0.3 is 0 Å². The first kappa shape index (κ1) is 21.8. The van der Waals surface area contributed by atoms with E-state index < -0.39 is 0 Å². The Kier molecular flexibility index (Phi) is 6.13. The maximum Gasteiger partial charge on any atom is 0.251 e. The van der Waals surface area contributed by atoms with Crippen molar-refractivity contribution in [2.45, 2.75) is 47.6 Å². The summed E-state index contributed by atoms with van der Waals surface area (Å²) in [7, 11) is 0. The summed E-state index contributed by atoms with van der Waals surface area (Å²) < 4.78 is 2.31. The average Bonchev–Trinajstić information content (AvgIpc) is 3.12. The quantitative estimate of drug-likeness (QED) is 0.437. The van der Waals surface area contributed by atoms with Crippen LogP contribution in [-0.2, 0) is 13.0 Å². The lowest BCUT2D eigenvalue weighted by Crippen LogP contribution is -2.27. The van der Waals surface area contributed by atoms with Crippen LogP contribution in [0.2, 0.25) is 0 Å². The number of fused-ring (bicyclic) bond motifs is 1. The normalized spacial score (nSPS) is 11.2. The zero-order chi connectivity index (χ0) is 22.8. The van der Waals surface area contributed by atoms with Gasteiger partial charge in [-0.05, 0) is 86.2 Å². The van der Waals surface area contributed by atoms with Crippen LogP contribution in [0.25, 0.3) is 11.0 Å². The molecule has 1 N–H and O–H groups in total. The van der Waals surface area contributed by atoms with Gasteiger partial charge in [-0.3, -0.25) is 4.79 Å². The fraction of sp³-hybridized carbons (Fsp3) is 0.286. The van der Waals surface area contributed by atoms with Crippen LogP contribution in [0.4, 0.5) is 0 Å². The van der Waals surface area contributed by atoms with Crippen LogP contribution in [0, 0.1) is 34.6 Å². The number of aromatic nitrogens is 2. The lowest BCUT2D eigenvalue weighted by atomic mass is 9.94. The summed E-state index contributed by atoms with van der Waals surface area (Å²) in [6.07, 6.45) is 0.676. The Morgan fingerprint density at radius 1 is 0.875 bits per heavy atom. The highest BCUT2D eigenvalue weighted by Gasteiger charge is 2.15. The third kappa shape index (κ3) is 4.18. The number of imidazole rings is 1. The molecule has 0 radical (unpaired) electrons. The molecule has 0 aliphatic rings. The van der Waals surface area contributed by atoms with Crippen LogP contribution in [0.1, 0.15) is 49.6 Å². The number of hydrogen-bond donors (Lipinski definition) is 1. The van der Waals surface area contributed by atoms with E-state index in [1.165, 1.54) is 27.8 Å². The van der Waals surface area contributed by atoms with E-state index >= 15 is 0 Å². The van der Waals surface area contributed by atoms with Crippen molar-refractivity contribution in [1.29, 1.82) is 0 Å². The number of amides is 1. The number of hydrogen-bond acceptors (Lipinski definition) is 2. The van der Waals surface area contributed by atoms with Gasteiger partial charge in [-0.25, -0.2) is 4.98 Å². The van der Waals surface area contributed by atoms with Crippen molar-refractivity contribution in [3.63, 3.8) is 0 Å². The van der Waals surface area contributed by atoms with Gasteiger partial charge in [-0.15, -0.1) is 0 Å². The SMILES string of the molecule is Cc1ccccc1C(=O)NCCc1nc2ccccc2n1Cc1c(C)c(C)cc(C)c1C. The molecule has 4 rings (SSSR count). The Morgan fingerprint density at radius 3 is 2.25 bits per heavy atom. The molecule has 0 aliphatic carbocycles. The maximum absolute atomic E-state index is 12.6. The molecule has 1 heterocycles. The van der Waals surface area contributed by atoms with Crippen molar-refractivity contribution < 1.29 is 4.79 Å². The summed E-state index contributed by atoms with van der Waals surface area (Å²) in [6.45, 7) is 12.1. The highest BCUT2D eigenvalue weighted by molar-refractivity contribution is 5.95. The van der Waals surface area contributed by atoms with E-state index in [1.54, 1.807) is 0 Å². The predicted octanol–water partition coefficient (Wildman–Crippen LogP) is 5.60. The first-order chi connectivity index (χ1) is 15.4. The highest BCUT2D eigenvalue weighted by atomic mass is 16.1. The van der Waals surface area contributed by atoms with E-state index in [4.69, 9.17) is 4.98 Å². The molecule has 0 fully saturated rings. The zero-order valence-corrected chi connectivity index (χ0v) is 19.6. The molecule has 1 amide bonds. The second-order valence-electron chi connectivity index (χ2n) is 8.66. The standard InChI is InChI=1S/C28H31N3O/c1-18-10-6-7-11-23(18)28(32)29-15-14-27-30-25-12-8-9-13-26(25)31(27)17-24-21(4)19(2)16-20(3)22(24)5/h6-13,16H,14-15,17H2,1-5H3,(H,29,32). The van der Waals surface area contributed by atoms with Crippen molar-refractivity contribution in [2.24, 2.45) is 0 Å². The molecule has 32 heavy (non-hydrogen) atoms. The van der Waals surface area contributed by atoms with Crippen LogP contribution in [0.5, 0.6) is 0 Å². The molecule has 0 spiro atoms. The minimum atomic E-state index is -0.0354. The van der Waals surface area contributed by atoms with Gasteiger partial charge < -0.3 is 9.88 Å². The molecule has 0 bridgehead atoms. The molecule has 0 saturated carbocycles. The van der Waals surface area contributed by atoms with Gasteiger partial charge in [0.05, 0.1) is 11.0 Å². The van der Waals surface area contributed by atoms with Crippen LogP contribution in [0.3, 0.4) is 0 Å². The van der Waals surface area contributed by atoms with Crippen molar-refractivity contribution in [3.8, 4) is 0 Å². The predicted molar refractivity (Wildman–Crippen MR) is 131 cm³/mol. The lowest BCUT2D eigenvalue weighted by molar-refractivity contribution is 0.0953. The molecular weight excluding hydrogens is 394 g/mol. The second-order valence-corrected chi connectivity index (χ2v) is 8.66. The molecular formula is C28H31N3O. The van der Waals surface area contributed by atoms with Gasteiger partial charge in [0.1, 0.15) is 5.82 Å². The van der Waals surface area contributed by atoms with E-state index in [0.29, 0.717) is 13.0 Å². The molecule has 4 heteroatoms. The van der Waals surface area contributed by atoms with Crippen LogP contribution < -0.4 is 5.32 Å². The van der Waals surface area contributed by atoms with Gasteiger partial charge in [0.2, 0.25) is 0 Å². The Balaban J connectivity index is 1.62. The van der Waals surface area contributed by atoms with E-state index in [0.717, 1.165) is 34.5 Å². The smallest absolute Gasteiger partial charge is 0.251 e. The number of nitrogens with one attached hydrogen (secondary N) is 1. The molecule has 0 aliphatic heterocycles. The summed E-state index contributed by atoms with van der Waals surface area (Å²) in [6, 6.07) is 18.2. The summed E-state index contributed by atoms with van der Waals surface area (Å²) in [5.41, 5.74) is 10.5. The van der Waals surface area contributed by atoms with Gasteiger partial charge in [-0.1, -0.05) is 36.4 Å². The van der Waals surface area contributed by atoms with Gasteiger partial charge in [-0.2, -0.15) is 0 Å². The summed E-state index contributed by atoms with van der Waals surface area (Å²) in [5, 5.41) is 3.07. The van der Waals surface area contributed by atoms with Crippen molar-refractivity contribution >= 4 is 16.9 Å². The van der Waals surface area contributed by atoms with Crippen molar-refractivity contribution in [2.75, 3.05) is 6.54 Å². The Hall–Kier alpha value is -3.40. The summed E-state index contributed by atoms with van der Waals surface area (Å²) >= 11 is 0. The van der Waals surface area contributed by atoms with Crippen molar-refractivity contribution in [1.82, 2.24) is 14.9 Å². The highest BCUT2D eigenvalue weighted by Crippen LogP contribution is 2.25. The molecule has 4 nitrogen and oxygen atoms in total. The number of aryl methyl sites for hydroxylation is 3. The lowest BCUT2D eigenvalue weighted by Gasteiger charge is -2.18. The van der Waals surface area contributed by atoms with Crippen LogP contribution in [0.15, 0.2) is 54.6 Å². The first-order valence-electron chi connectivity index (χ1n) is 11.2. The first-order valence-corrected chi connectivity index (χ1v) is 11.2. The number of carbonyl (C=O) groups excluding carboxylic acids is 1. The average molecular weight is 426 g/mol. The molecule has 0 saturated heterocycles. The Labute approximate surface area is 190 Å². The maximum atomic E-state index is 12.6. The largest absolute Gasteiger partial charge is 0.352 e. The van der Waals surface area contributed by atoms with E-state index in [1.807, 2.05) is 37.3 Å². The third-order valence-corrected chi connectivity index (χ3v) is 6.60. The third-order valence-electron chi connectivity index (χ3n) is 6.60. The van der Waals surface area contributed by atoms with Crippen LogP contribution in [-0.4, -0.2) is 22.0 Å². The minimum absolute atomic E-state index is 0.0354. The van der Waals surface area contributed by atoms with Gasteiger partial charge in [0, 0.05) is 25.1 Å². The monoisotopic (exact) mass is 425 g/mol. The Bertz CT molecular complexity index is 1270. The molecule has 0 unspecified atom stereocenters. The number of benzene rings is 3. The van der Waals surface area contributed by atoms with Crippen molar-refractivity contribution in [3.05, 3.63) is 99.4 Å². The van der Waals surface area contributed by atoms with Gasteiger partial charge in [0.25, 0.3) is 5.91 Å². The number of nitrogens with zero attached hydrogens (tertiary/aromatic N) is 2. The summed E-state index contributed by atoms with van der Waals surface area (Å²) in [5.74, 6) is 0.959. The number of carbonyl (C=O) groups is 1. The van der Waals surface area contributed by atoms with E-state index in [9.17, 15) is 4.79 Å². The van der Waals surface area contributed by atoms with E-state index in [-0.39, 0.29) is 5.91 Å². The van der Waals surface area contributed by atoms with Gasteiger partial charge in [0.15, 0.2) is 0 Å². The number of para-hydroxylation sites is 2. The molecule has 164 valence electrons. The molecule has 1 aromatic heterocycles. The molecule has 0 atom stereocenters. The fourth-order valence-corrected chi connectivity index (χ4v) is 4.40. The number of rotatable bonds is 6. The molecule has 4 aromatic rings. The fourth-order valence-electron chi connectivity index (χ4n) is 4.40. The topological polar surface area (TPSA) is 46.9 Å². The second kappa shape index (κ2) is 8.99.